The maximum absolute atomic E-state index is 13.1. The summed E-state index contributed by atoms with van der Waals surface area (Å²) in [7, 11) is 3.65. The van der Waals surface area contributed by atoms with Gasteiger partial charge in [-0.25, -0.2) is 4.39 Å². The van der Waals surface area contributed by atoms with Crippen LogP contribution in [-0.4, -0.2) is 37.2 Å². The first-order chi connectivity index (χ1) is 10.5. The molecular weight excluding hydrogens is 283 g/mol. The smallest absolute Gasteiger partial charge is 0.255 e. The van der Waals surface area contributed by atoms with Gasteiger partial charge in [0.15, 0.2) is 5.78 Å². The molecule has 0 bridgehead atoms. The summed E-state index contributed by atoms with van der Waals surface area (Å²) in [6.45, 7) is 0.328. The summed E-state index contributed by atoms with van der Waals surface area (Å²) >= 11 is 0. The molecule has 0 saturated carbocycles. The molecule has 0 unspecified atom stereocenters. The largest absolute Gasteiger partial charge is 0.322 e. The summed E-state index contributed by atoms with van der Waals surface area (Å²) in [6.07, 6.45) is 0. The zero-order valence-electron chi connectivity index (χ0n) is 12.5. The highest BCUT2D eigenvalue weighted by Gasteiger charge is 2.09. The molecule has 22 heavy (non-hydrogen) atoms. The van der Waals surface area contributed by atoms with Gasteiger partial charge < -0.3 is 10.2 Å². The number of hydrogen-bond acceptors (Lipinski definition) is 3. The number of nitrogens with one attached hydrogen (secondary N) is 1. The maximum Gasteiger partial charge on any atom is 0.255 e. The van der Waals surface area contributed by atoms with Crippen LogP contribution in [0.3, 0.4) is 0 Å². The first-order valence-corrected chi connectivity index (χ1v) is 6.80. The van der Waals surface area contributed by atoms with Gasteiger partial charge in [-0.3, -0.25) is 9.59 Å². The third-order valence-corrected chi connectivity index (χ3v) is 3.01. The number of likely N-dealkylation sites (N-methyl/N-ethyl adjacent to an activating group) is 1. The van der Waals surface area contributed by atoms with E-state index in [0.717, 1.165) is 0 Å². The fourth-order valence-corrected chi connectivity index (χ4v) is 1.95. The van der Waals surface area contributed by atoms with Gasteiger partial charge in [-0.15, -0.1) is 0 Å². The van der Waals surface area contributed by atoms with Crippen molar-refractivity contribution in [2.24, 2.45) is 0 Å². The van der Waals surface area contributed by atoms with Crippen molar-refractivity contribution in [3.63, 3.8) is 0 Å². The van der Waals surface area contributed by atoms with Gasteiger partial charge in [0.2, 0.25) is 0 Å². The Kier molecular flexibility index (Phi) is 5.01. The molecule has 0 atom stereocenters. The van der Waals surface area contributed by atoms with Gasteiger partial charge in [0.25, 0.3) is 5.91 Å². The number of halogens is 1. The molecule has 0 aliphatic carbocycles. The van der Waals surface area contributed by atoms with E-state index in [1.165, 1.54) is 24.3 Å². The van der Waals surface area contributed by atoms with E-state index in [-0.39, 0.29) is 11.3 Å². The van der Waals surface area contributed by atoms with Crippen molar-refractivity contribution in [2.75, 3.05) is 26.0 Å². The van der Waals surface area contributed by atoms with Crippen LogP contribution in [0, 0.1) is 5.82 Å². The van der Waals surface area contributed by atoms with Gasteiger partial charge in [0, 0.05) is 16.8 Å². The molecule has 0 aliphatic heterocycles. The number of benzene rings is 2. The van der Waals surface area contributed by atoms with E-state index in [9.17, 15) is 14.0 Å². The number of carbonyl (C=O) groups is 2. The summed E-state index contributed by atoms with van der Waals surface area (Å²) in [6, 6.07) is 12.1. The van der Waals surface area contributed by atoms with Gasteiger partial charge in [0.05, 0.1) is 6.54 Å². The zero-order chi connectivity index (χ0) is 16.1. The fourth-order valence-electron chi connectivity index (χ4n) is 1.95. The Morgan fingerprint density at radius 1 is 1.05 bits per heavy atom. The van der Waals surface area contributed by atoms with Gasteiger partial charge in [0.1, 0.15) is 5.82 Å². The standard InChI is InChI=1S/C17H17FN2O2/c1-20(2)11-16(21)12-6-8-15(9-7-12)19-17(22)13-4-3-5-14(18)10-13/h3-10H,11H2,1-2H3,(H,19,22). The molecule has 0 aliphatic rings. The molecular formula is C17H17FN2O2. The van der Waals surface area contributed by atoms with Gasteiger partial charge in [-0.2, -0.15) is 0 Å². The van der Waals surface area contributed by atoms with Crippen molar-refractivity contribution in [2.45, 2.75) is 0 Å². The second-order valence-electron chi connectivity index (χ2n) is 5.20. The highest BCUT2D eigenvalue weighted by molar-refractivity contribution is 6.04. The number of amides is 1. The molecule has 5 heteroatoms. The molecule has 2 aromatic carbocycles. The summed E-state index contributed by atoms with van der Waals surface area (Å²) in [5.74, 6) is -0.850. The molecule has 4 nitrogen and oxygen atoms in total. The Bertz CT molecular complexity index is 681. The average Bonchev–Trinajstić information content (AvgIpc) is 2.47. The monoisotopic (exact) mass is 300 g/mol. The topological polar surface area (TPSA) is 49.4 Å². The Morgan fingerprint density at radius 3 is 2.32 bits per heavy atom. The molecule has 1 amide bonds. The van der Waals surface area contributed by atoms with Crippen LogP contribution in [0.5, 0.6) is 0 Å². The van der Waals surface area contributed by atoms with Crippen LogP contribution in [-0.2, 0) is 0 Å². The van der Waals surface area contributed by atoms with Crippen LogP contribution in [0.1, 0.15) is 20.7 Å². The highest BCUT2D eigenvalue weighted by atomic mass is 19.1. The third-order valence-electron chi connectivity index (χ3n) is 3.01. The lowest BCUT2D eigenvalue weighted by Gasteiger charge is -2.09. The second kappa shape index (κ2) is 6.95. The van der Waals surface area contributed by atoms with E-state index in [4.69, 9.17) is 0 Å². The molecule has 114 valence electrons. The minimum atomic E-state index is -0.461. The SMILES string of the molecule is CN(C)CC(=O)c1ccc(NC(=O)c2cccc(F)c2)cc1. The number of anilines is 1. The number of hydrogen-bond donors (Lipinski definition) is 1. The Labute approximate surface area is 128 Å². The number of carbonyl (C=O) groups excluding carboxylic acids is 2. The van der Waals surface area contributed by atoms with E-state index >= 15 is 0 Å². The molecule has 0 saturated heterocycles. The summed E-state index contributed by atoms with van der Waals surface area (Å²) < 4.78 is 13.1. The van der Waals surface area contributed by atoms with Crippen LogP contribution < -0.4 is 5.32 Å². The lowest BCUT2D eigenvalue weighted by molar-refractivity contribution is 0.0957. The minimum absolute atomic E-state index is 0.00741. The zero-order valence-corrected chi connectivity index (χ0v) is 12.5. The number of rotatable bonds is 5. The number of Topliss-reactive ketones (excluding diaryl/α,β-unsaturated/α-hetero) is 1. The second-order valence-corrected chi connectivity index (χ2v) is 5.20. The normalized spacial score (nSPS) is 10.5. The van der Waals surface area contributed by atoms with Crippen LogP contribution in [0.2, 0.25) is 0 Å². The van der Waals surface area contributed by atoms with E-state index in [1.54, 1.807) is 29.2 Å². The fraction of sp³-hybridized carbons (Fsp3) is 0.176. The Morgan fingerprint density at radius 2 is 1.73 bits per heavy atom. The summed E-state index contributed by atoms with van der Waals surface area (Å²) in [4.78, 5) is 25.6. The van der Waals surface area contributed by atoms with Gasteiger partial charge in [-0.1, -0.05) is 6.07 Å². The lowest BCUT2D eigenvalue weighted by Crippen LogP contribution is -2.21. The number of nitrogens with zero attached hydrogens (tertiary/aromatic N) is 1. The van der Waals surface area contributed by atoms with E-state index < -0.39 is 11.7 Å². The Hall–Kier alpha value is -2.53. The predicted octanol–water partition coefficient (Wildman–Crippen LogP) is 2.82. The molecule has 0 heterocycles. The van der Waals surface area contributed by atoms with Crippen molar-refractivity contribution in [3.8, 4) is 0 Å². The molecule has 1 N–H and O–H groups in total. The first-order valence-electron chi connectivity index (χ1n) is 6.80. The quantitative estimate of drug-likeness (QED) is 0.864. The maximum atomic E-state index is 13.1. The molecule has 0 aromatic heterocycles. The molecule has 0 radical (unpaired) electrons. The van der Waals surface area contributed by atoms with E-state index in [0.29, 0.717) is 17.8 Å². The van der Waals surface area contributed by atoms with Crippen LogP contribution in [0.15, 0.2) is 48.5 Å². The highest BCUT2D eigenvalue weighted by Crippen LogP contribution is 2.13. The van der Waals surface area contributed by atoms with Crippen molar-refractivity contribution in [1.82, 2.24) is 4.90 Å². The first kappa shape index (κ1) is 15.9. The third kappa shape index (κ3) is 4.23. The molecule has 2 aromatic rings. The van der Waals surface area contributed by atoms with Crippen LogP contribution >= 0.6 is 0 Å². The molecule has 0 fully saturated rings. The van der Waals surface area contributed by atoms with Crippen molar-refractivity contribution in [3.05, 3.63) is 65.5 Å². The van der Waals surface area contributed by atoms with Crippen molar-refractivity contribution >= 4 is 17.4 Å². The minimum Gasteiger partial charge on any atom is -0.322 e. The summed E-state index contributed by atoms with van der Waals surface area (Å²) in [5, 5.41) is 2.67. The van der Waals surface area contributed by atoms with E-state index in [1.807, 2.05) is 14.1 Å². The van der Waals surface area contributed by atoms with Crippen molar-refractivity contribution in [1.29, 1.82) is 0 Å². The molecule has 2 rings (SSSR count). The average molecular weight is 300 g/mol. The van der Waals surface area contributed by atoms with E-state index in [2.05, 4.69) is 5.32 Å². The van der Waals surface area contributed by atoms with Crippen LogP contribution in [0.4, 0.5) is 10.1 Å². The lowest BCUT2D eigenvalue weighted by atomic mass is 10.1. The number of ketones is 1. The summed E-state index contributed by atoms with van der Waals surface area (Å²) in [5.41, 5.74) is 1.38. The Balaban J connectivity index is 2.05. The van der Waals surface area contributed by atoms with Crippen LogP contribution in [0.25, 0.3) is 0 Å². The van der Waals surface area contributed by atoms with Crippen molar-refractivity contribution < 1.29 is 14.0 Å². The predicted molar refractivity (Wildman–Crippen MR) is 83.7 cm³/mol. The molecule has 0 spiro atoms. The van der Waals surface area contributed by atoms with Gasteiger partial charge in [-0.05, 0) is 56.6 Å². The van der Waals surface area contributed by atoms with Gasteiger partial charge >= 0.3 is 0 Å².